The number of anilines is 2. The Morgan fingerprint density at radius 1 is 1.27 bits per heavy atom. The second kappa shape index (κ2) is 7.02. The van der Waals surface area contributed by atoms with Gasteiger partial charge in [0.15, 0.2) is 0 Å². The van der Waals surface area contributed by atoms with Crippen LogP contribution in [0.15, 0.2) is 46.9 Å². The van der Waals surface area contributed by atoms with E-state index in [1.807, 2.05) is 0 Å². The summed E-state index contributed by atoms with van der Waals surface area (Å²) < 4.78 is 25.9. The molecule has 0 aromatic heterocycles. The van der Waals surface area contributed by atoms with Gasteiger partial charge in [0.05, 0.1) is 33.6 Å². The molecular formula is C17H14BrClN2O4S. The van der Waals surface area contributed by atoms with E-state index in [-0.39, 0.29) is 22.0 Å². The Labute approximate surface area is 164 Å². The minimum Gasteiger partial charge on any atom is -0.321 e. The van der Waals surface area contributed by atoms with Crippen LogP contribution in [-0.4, -0.2) is 26.0 Å². The summed E-state index contributed by atoms with van der Waals surface area (Å²) in [5.74, 6) is -1.92. The lowest BCUT2D eigenvalue weighted by atomic mass is 10.1. The summed E-state index contributed by atoms with van der Waals surface area (Å²) in [5, 5.41) is 2.85. The molecule has 1 atom stereocenters. The van der Waals surface area contributed by atoms with Crippen LogP contribution < -0.4 is 9.62 Å². The molecule has 1 aliphatic rings. The molecule has 9 heteroatoms. The highest BCUT2D eigenvalue weighted by atomic mass is 79.9. The molecule has 1 unspecified atom stereocenters. The molecule has 26 heavy (non-hydrogen) atoms. The van der Waals surface area contributed by atoms with Gasteiger partial charge < -0.3 is 5.32 Å². The average Bonchev–Trinajstić information content (AvgIpc) is 2.78. The molecule has 0 spiro atoms. The number of para-hydroxylation sites is 1. The van der Waals surface area contributed by atoms with Gasteiger partial charge in [-0.05, 0) is 46.3 Å². The first-order valence-electron chi connectivity index (χ1n) is 7.63. The molecule has 2 aromatic carbocycles. The van der Waals surface area contributed by atoms with Crippen LogP contribution in [0.5, 0.6) is 0 Å². The fourth-order valence-corrected chi connectivity index (χ4v) is 5.05. The third kappa shape index (κ3) is 3.49. The fraction of sp³-hybridized carbons (Fsp3) is 0.176. The molecule has 0 aliphatic carbocycles. The standard InChI is InChI=1S/C17H14BrClN2O4S/c1-10-9-26(24,25)21(17(10)23)11-6-7-14(19)12(8-11)16(22)20-15-5-3-2-4-13(15)18/h2-8,10H,9H2,1H3,(H,20,22). The van der Waals surface area contributed by atoms with Gasteiger partial charge in [-0.2, -0.15) is 0 Å². The van der Waals surface area contributed by atoms with Crippen LogP contribution in [-0.2, 0) is 14.8 Å². The quantitative estimate of drug-likeness (QED) is 0.762. The van der Waals surface area contributed by atoms with Gasteiger partial charge in [-0.25, -0.2) is 12.7 Å². The van der Waals surface area contributed by atoms with E-state index >= 15 is 0 Å². The summed E-state index contributed by atoms with van der Waals surface area (Å²) in [6.45, 7) is 1.55. The third-order valence-electron chi connectivity index (χ3n) is 3.91. The van der Waals surface area contributed by atoms with Crippen LogP contribution >= 0.6 is 27.5 Å². The summed E-state index contributed by atoms with van der Waals surface area (Å²) in [5.41, 5.74) is 0.709. The molecule has 1 heterocycles. The molecule has 2 amide bonds. The number of hydrogen-bond donors (Lipinski definition) is 1. The fourth-order valence-electron chi connectivity index (χ4n) is 2.65. The Morgan fingerprint density at radius 3 is 2.58 bits per heavy atom. The van der Waals surface area contributed by atoms with Gasteiger partial charge in [0.1, 0.15) is 0 Å². The van der Waals surface area contributed by atoms with Crippen LogP contribution in [0, 0.1) is 5.92 Å². The molecule has 2 aromatic rings. The van der Waals surface area contributed by atoms with Crippen molar-refractivity contribution in [3.8, 4) is 0 Å². The number of hydrogen-bond acceptors (Lipinski definition) is 4. The van der Waals surface area contributed by atoms with E-state index in [0.29, 0.717) is 10.2 Å². The lowest BCUT2D eigenvalue weighted by Gasteiger charge is -2.17. The number of carbonyl (C=O) groups excluding carboxylic acids is 2. The van der Waals surface area contributed by atoms with Crippen molar-refractivity contribution < 1.29 is 18.0 Å². The minimum atomic E-state index is -3.76. The van der Waals surface area contributed by atoms with Gasteiger partial charge in [-0.1, -0.05) is 30.7 Å². The van der Waals surface area contributed by atoms with E-state index in [4.69, 9.17) is 11.6 Å². The molecule has 1 aliphatic heterocycles. The smallest absolute Gasteiger partial charge is 0.257 e. The van der Waals surface area contributed by atoms with Crippen molar-refractivity contribution in [2.45, 2.75) is 6.92 Å². The molecule has 0 saturated carbocycles. The van der Waals surface area contributed by atoms with E-state index < -0.39 is 27.8 Å². The third-order valence-corrected chi connectivity index (χ3v) is 6.80. The molecule has 1 saturated heterocycles. The van der Waals surface area contributed by atoms with Gasteiger partial charge in [0.25, 0.3) is 5.91 Å². The summed E-state index contributed by atoms with van der Waals surface area (Å²) in [4.78, 5) is 24.8. The topological polar surface area (TPSA) is 83.6 Å². The van der Waals surface area contributed by atoms with Gasteiger partial charge in [0.2, 0.25) is 15.9 Å². The number of sulfonamides is 1. The molecule has 1 fully saturated rings. The Hall–Kier alpha value is -1.90. The first-order valence-corrected chi connectivity index (χ1v) is 10.4. The number of nitrogens with zero attached hydrogens (tertiary/aromatic N) is 1. The number of amides is 2. The van der Waals surface area contributed by atoms with Crippen molar-refractivity contribution in [2.24, 2.45) is 5.92 Å². The zero-order valence-corrected chi connectivity index (χ0v) is 16.7. The zero-order valence-electron chi connectivity index (χ0n) is 13.6. The van der Waals surface area contributed by atoms with E-state index in [0.717, 1.165) is 4.31 Å². The number of rotatable bonds is 3. The van der Waals surface area contributed by atoms with Gasteiger partial charge >= 0.3 is 0 Å². The van der Waals surface area contributed by atoms with E-state index in [2.05, 4.69) is 21.2 Å². The van der Waals surface area contributed by atoms with Crippen molar-refractivity contribution in [1.29, 1.82) is 0 Å². The normalized spacial score (nSPS) is 18.8. The van der Waals surface area contributed by atoms with Crippen LogP contribution in [0.3, 0.4) is 0 Å². The molecule has 1 N–H and O–H groups in total. The molecule has 0 bridgehead atoms. The maximum absolute atomic E-state index is 12.6. The second-order valence-corrected chi connectivity index (χ2v) is 9.00. The SMILES string of the molecule is CC1CS(=O)(=O)N(c2ccc(Cl)c(C(=O)Nc3ccccc3Br)c2)C1=O. The zero-order chi connectivity index (χ0) is 19.1. The maximum atomic E-state index is 12.6. The van der Waals surface area contributed by atoms with Crippen molar-refractivity contribution in [1.82, 2.24) is 0 Å². The van der Waals surface area contributed by atoms with Crippen LogP contribution in [0.25, 0.3) is 0 Å². The number of benzene rings is 2. The summed E-state index contributed by atoms with van der Waals surface area (Å²) >= 11 is 9.45. The lowest BCUT2D eigenvalue weighted by molar-refractivity contribution is -0.119. The Bertz CT molecular complexity index is 1010. The van der Waals surface area contributed by atoms with Crippen LogP contribution in [0.1, 0.15) is 17.3 Å². The van der Waals surface area contributed by atoms with Crippen molar-refractivity contribution in [3.63, 3.8) is 0 Å². The van der Waals surface area contributed by atoms with E-state index in [1.165, 1.54) is 18.2 Å². The number of halogens is 2. The van der Waals surface area contributed by atoms with Gasteiger partial charge in [-0.15, -0.1) is 0 Å². The summed E-state index contributed by atoms with van der Waals surface area (Å²) in [7, 11) is -3.76. The summed E-state index contributed by atoms with van der Waals surface area (Å²) in [6.07, 6.45) is 0. The molecule has 6 nitrogen and oxygen atoms in total. The van der Waals surface area contributed by atoms with E-state index in [9.17, 15) is 18.0 Å². The van der Waals surface area contributed by atoms with Gasteiger partial charge in [0, 0.05) is 4.47 Å². The minimum absolute atomic E-state index is 0.0717. The van der Waals surface area contributed by atoms with Crippen molar-refractivity contribution in [3.05, 3.63) is 57.5 Å². The van der Waals surface area contributed by atoms with Crippen molar-refractivity contribution >= 4 is 60.7 Å². The van der Waals surface area contributed by atoms with Crippen LogP contribution in [0.4, 0.5) is 11.4 Å². The Balaban J connectivity index is 1.97. The Kier molecular flexibility index (Phi) is 5.09. The lowest BCUT2D eigenvalue weighted by Crippen LogP contribution is -2.30. The first-order chi connectivity index (χ1) is 12.2. The molecular weight excluding hydrogens is 444 g/mol. The predicted octanol–water partition coefficient (Wildman–Crippen LogP) is 3.67. The van der Waals surface area contributed by atoms with E-state index in [1.54, 1.807) is 31.2 Å². The summed E-state index contributed by atoms with van der Waals surface area (Å²) in [6, 6.07) is 11.2. The highest BCUT2D eigenvalue weighted by Gasteiger charge is 2.42. The average molecular weight is 458 g/mol. The number of carbonyl (C=O) groups is 2. The highest BCUT2D eigenvalue weighted by Crippen LogP contribution is 2.31. The molecule has 136 valence electrons. The molecule has 0 radical (unpaired) electrons. The largest absolute Gasteiger partial charge is 0.321 e. The number of nitrogens with one attached hydrogen (secondary N) is 1. The molecule has 3 rings (SSSR count). The second-order valence-electron chi connectivity index (χ2n) is 5.88. The monoisotopic (exact) mass is 456 g/mol. The van der Waals surface area contributed by atoms with Crippen LogP contribution in [0.2, 0.25) is 5.02 Å². The maximum Gasteiger partial charge on any atom is 0.257 e. The highest BCUT2D eigenvalue weighted by molar-refractivity contribution is 9.10. The van der Waals surface area contributed by atoms with Crippen molar-refractivity contribution in [2.75, 3.05) is 15.4 Å². The van der Waals surface area contributed by atoms with Gasteiger partial charge in [-0.3, -0.25) is 9.59 Å². The predicted molar refractivity (Wildman–Crippen MR) is 104 cm³/mol. The Morgan fingerprint density at radius 2 is 1.96 bits per heavy atom. The first kappa shape index (κ1) is 18.9.